The minimum atomic E-state index is -0.0246. The van der Waals surface area contributed by atoms with Gasteiger partial charge in [0.15, 0.2) is 0 Å². The summed E-state index contributed by atoms with van der Waals surface area (Å²) in [5.74, 6) is 1.24. The molecule has 2 aromatic rings. The zero-order valence-corrected chi connectivity index (χ0v) is 10.0. The van der Waals surface area contributed by atoms with Crippen molar-refractivity contribution >= 4 is 23.6 Å². The van der Waals surface area contributed by atoms with Gasteiger partial charge in [0.1, 0.15) is 0 Å². The standard InChI is InChI=1S/C12H13N3OS/c16-11(15-12-13-7-8-14-12)6-9-17-10-4-2-1-3-5-10/h1-5,7-8H,6,9H2,(H2,13,14,15,16). The molecule has 0 bridgehead atoms. The summed E-state index contributed by atoms with van der Waals surface area (Å²) in [7, 11) is 0. The van der Waals surface area contributed by atoms with E-state index in [9.17, 15) is 4.79 Å². The molecule has 0 fully saturated rings. The molecule has 0 aliphatic heterocycles. The third kappa shape index (κ3) is 3.96. The van der Waals surface area contributed by atoms with Crippen molar-refractivity contribution in [1.29, 1.82) is 0 Å². The van der Waals surface area contributed by atoms with E-state index in [-0.39, 0.29) is 5.91 Å². The number of benzene rings is 1. The molecule has 88 valence electrons. The van der Waals surface area contributed by atoms with Gasteiger partial charge in [-0.2, -0.15) is 0 Å². The molecule has 0 unspecified atom stereocenters. The van der Waals surface area contributed by atoms with E-state index in [4.69, 9.17) is 0 Å². The summed E-state index contributed by atoms with van der Waals surface area (Å²) in [6.07, 6.45) is 3.75. The van der Waals surface area contributed by atoms with Crippen molar-refractivity contribution in [3.05, 3.63) is 42.7 Å². The number of nitrogens with zero attached hydrogens (tertiary/aromatic N) is 1. The predicted molar refractivity (Wildman–Crippen MR) is 69.0 cm³/mol. The molecular formula is C12H13N3OS. The van der Waals surface area contributed by atoms with E-state index in [0.717, 1.165) is 5.75 Å². The average molecular weight is 247 g/mol. The first kappa shape index (κ1) is 11.7. The molecule has 5 heteroatoms. The number of carbonyl (C=O) groups excluding carboxylic acids is 1. The van der Waals surface area contributed by atoms with Gasteiger partial charge in [-0.25, -0.2) is 4.98 Å². The maximum atomic E-state index is 11.5. The van der Waals surface area contributed by atoms with Crippen molar-refractivity contribution in [3.63, 3.8) is 0 Å². The Labute approximate surface area is 104 Å². The van der Waals surface area contributed by atoms with Crippen molar-refractivity contribution in [2.75, 3.05) is 11.1 Å². The van der Waals surface area contributed by atoms with Crippen molar-refractivity contribution < 1.29 is 4.79 Å². The highest BCUT2D eigenvalue weighted by molar-refractivity contribution is 7.99. The Balaban J connectivity index is 1.70. The van der Waals surface area contributed by atoms with E-state index in [0.29, 0.717) is 12.4 Å². The summed E-state index contributed by atoms with van der Waals surface area (Å²) in [6.45, 7) is 0. The van der Waals surface area contributed by atoms with Crippen molar-refractivity contribution in [2.24, 2.45) is 0 Å². The monoisotopic (exact) mass is 247 g/mol. The molecule has 17 heavy (non-hydrogen) atoms. The van der Waals surface area contributed by atoms with Crippen LogP contribution in [0.1, 0.15) is 6.42 Å². The Hall–Kier alpha value is -1.75. The first-order valence-electron chi connectivity index (χ1n) is 5.31. The van der Waals surface area contributed by atoms with E-state index in [1.807, 2.05) is 30.3 Å². The number of hydrogen-bond donors (Lipinski definition) is 2. The first-order valence-corrected chi connectivity index (χ1v) is 6.30. The topological polar surface area (TPSA) is 57.8 Å². The van der Waals surface area contributed by atoms with Gasteiger partial charge < -0.3 is 4.98 Å². The second-order valence-electron chi connectivity index (χ2n) is 3.40. The highest BCUT2D eigenvalue weighted by atomic mass is 32.2. The lowest BCUT2D eigenvalue weighted by Gasteiger charge is -2.02. The smallest absolute Gasteiger partial charge is 0.227 e. The van der Waals surface area contributed by atoms with Crippen LogP contribution in [-0.4, -0.2) is 21.6 Å². The Morgan fingerprint density at radius 3 is 2.88 bits per heavy atom. The predicted octanol–water partition coefficient (Wildman–Crippen LogP) is 2.53. The molecule has 0 aliphatic rings. The maximum Gasteiger partial charge on any atom is 0.227 e. The molecule has 1 aromatic heterocycles. The number of carbonyl (C=O) groups is 1. The molecule has 0 saturated carbocycles. The SMILES string of the molecule is O=C(CCSc1ccccc1)Nc1ncc[nH]1. The fourth-order valence-electron chi connectivity index (χ4n) is 1.31. The highest BCUT2D eigenvalue weighted by Crippen LogP contribution is 2.17. The molecule has 0 radical (unpaired) electrons. The van der Waals surface area contributed by atoms with E-state index in [1.165, 1.54) is 4.90 Å². The zero-order valence-electron chi connectivity index (χ0n) is 9.22. The number of aromatic amines is 1. The summed E-state index contributed by atoms with van der Waals surface area (Å²) in [5.41, 5.74) is 0. The Kier molecular flexibility index (Phi) is 4.21. The van der Waals surface area contributed by atoms with Crippen LogP contribution in [0.2, 0.25) is 0 Å². The molecule has 2 N–H and O–H groups in total. The summed E-state index contributed by atoms with van der Waals surface area (Å²) in [4.78, 5) is 19.4. The van der Waals surface area contributed by atoms with Crippen LogP contribution in [0.15, 0.2) is 47.6 Å². The van der Waals surface area contributed by atoms with Crippen LogP contribution in [0.4, 0.5) is 5.95 Å². The number of imidazole rings is 1. The van der Waals surface area contributed by atoms with Gasteiger partial charge in [0.05, 0.1) is 0 Å². The third-order valence-electron chi connectivity index (χ3n) is 2.10. The Morgan fingerprint density at radius 2 is 2.18 bits per heavy atom. The van der Waals surface area contributed by atoms with Crippen LogP contribution in [0, 0.1) is 0 Å². The van der Waals surface area contributed by atoms with Crippen LogP contribution in [0.25, 0.3) is 0 Å². The number of anilines is 1. The van der Waals surface area contributed by atoms with E-state index in [2.05, 4.69) is 15.3 Å². The zero-order chi connectivity index (χ0) is 11.9. The van der Waals surface area contributed by atoms with E-state index >= 15 is 0 Å². The summed E-state index contributed by atoms with van der Waals surface area (Å²) >= 11 is 1.67. The molecule has 0 atom stereocenters. The highest BCUT2D eigenvalue weighted by Gasteiger charge is 2.03. The van der Waals surface area contributed by atoms with E-state index in [1.54, 1.807) is 24.2 Å². The van der Waals surface area contributed by atoms with Crippen molar-refractivity contribution in [1.82, 2.24) is 9.97 Å². The largest absolute Gasteiger partial charge is 0.331 e. The lowest BCUT2D eigenvalue weighted by atomic mass is 10.4. The van der Waals surface area contributed by atoms with Gasteiger partial charge in [-0.1, -0.05) is 18.2 Å². The minimum absolute atomic E-state index is 0.0246. The van der Waals surface area contributed by atoms with Crippen LogP contribution < -0.4 is 5.32 Å². The normalized spacial score (nSPS) is 10.1. The van der Waals surface area contributed by atoms with Crippen LogP contribution in [0.5, 0.6) is 0 Å². The molecule has 1 heterocycles. The number of thioether (sulfide) groups is 1. The molecule has 1 amide bonds. The summed E-state index contributed by atoms with van der Waals surface area (Å²) in [6, 6.07) is 10.0. The maximum absolute atomic E-state index is 11.5. The average Bonchev–Trinajstić information content (AvgIpc) is 2.83. The number of H-pyrrole nitrogens is 1. The fourth-order valence-corrected chi connectivity index (χ4v) is 2.18. The second kappa shape index (κ2) is 6.10. The van der Waals surface area contributed by atoms with Crippen molar-refractivity contribution in [2.45, 2.75) is 11.3 Å². The molecule has 4 nitrogen and oxygen atoms in total. The van der Waals surface area contributed by atoms with Gasteiger partial charge >= 0.3 is 0 Å². The molecule has 1 aromatic carbocycles. The first-order chi connectivity index (χ1) is 8.34. The molecule has 0 spiro atoms. The third-order valence-corrected chi connectivity index (χ3v) is 3.11. The molecular weight excluding hydrogens is 234 g/mol. The lowest BCUT2D eigenvalue weighted by Crippen LogP contribution is -2.13. The van der Waals surface area contributed by atoms with Gasteiger partial charge in [0, 0.05) is 29.5 Å². The van der Waals surface area contributed by atoms with Crippen LogP contribution in [0.3, 0.4) is 0 Å². The van der Waals surface area contributed by atoms with Gasteiger partial charge in [-0.3, -0.25) is 10.1 Å². The molecule has 2 rings (SSSR count). The Morgan fingerprint density at radius 1 is 1.35 bits per heavy atom. The van der Waals surface area contributed by atoms with Gasteiger partial charge in [0.25, 0.3) is 0 Å². The Bertz CT molecular complexity index is 456. The number of amides is 1. The molecule has 0 saturated heterocycles. The van der Waals surface area contributed by atoms with Gasteiger partial charge in [0.2, 0.25) is 11.9 Å². The van der Waals surface area contributed by atoms with Gasteiger partial charge in [-0.05, 0) is 12.1 Å². The number of rotatable bonds is 5. The lowest BCUT2D eigenvalue weighted by molar-refractivity contribution is -0.115. The summed E-state index contributed by atoms with van der Waals surface area (Å²) < 4.78 is 0. The molecule has 0 aliphatic carbocycles. The van der Waals surface area contributed by atoms with Crippen LogP contribution >= 0.6 is 11.8 Å². The van der Waals surface area contributed by atoms with E-state index < -0.39 is 0 Å². The second-order valence-corrected chi connectivity index (χ2v) is 4.57. The fraction of sp³-hybridized carbons (Fsp3) is 0.167. The number of hydrogen-bond acceptors (Lipinski definition) is 3. The van der Waals surface area contributed by atoms with Gasteiger partial charge in [-0.15, -0.1) is 11.8 Å². The number of nitrogens with one attached hydrogen (secondary N) is 2. The quantitative estimate of drug-likeness (QED) is 0.798. The van der Waals surface area contributed by atoms with Crippen molar-refractivity contribution in [3.8, 4) is 0 Å². The summed E-state index contributed by atoms with van der Waals surface area (Å²) in [5, 5.41) is 2.69. The van der Waals surface area contributed by atoms with Crippen LogP contribution in [-0.2, 0) is 4.79 Å². The number of aromatic nitrogens is 2. The minimum Gasteiger partial charge on any atom is -0.331 e.